The molecule has 142 valence electrons. The summed E-state index contributed by atoms with van der Waals surface area (Å²) >= 11 is 1.41. The van der Waals surface area contributed by atoms with Gasteiger partial charge in [-0.15, -0.1) is 11.8 Å². The van der Waals surface area contributed by atoms with Gasteiger partial charge >= 0.3 is 6.18 Å². The average molecular weight is 396 g/mol. The van der Waals surface area contributed by atoms with Crippen molar-refractivity contribution >= 4 is 29.3 Å². The van der Waals surface area contributed by atoms with Gasteiger partial charge in [0.1, 0.15) is 5.75 Å². The second kappa shape index (κ2) is 7.91. The molecular weight excluding hydrogens is 381 g/mol. The van der Waals surface area contributed by atoms with Crippen molar-refractivity contribution < 1.29 is 27.5 Å². The molecular formula is C18H15F3N2O3S. The molecule has 1 aliphatic heterocycles. The van der Waals surface area contributed by atoms with Crippen LogP contribution >= 0.6 is 11.8 Å². The van der Waals surface area contributed by atoms with Crippen molar-refractivity contribution in [2.45, 2.75) is 17.6 Å². The highest BCUT2D eigenvalue weighted by molar-refractivity contribution is 8.00. The molecule has 1 heterocycles. The van der Waals surface area contributed by atoms with Gasteiger partial charge in [-0.25, -0.2) is 0 Å². The lowest BCUT2D eigenvalue weighted by Crippen LogP contribution is -2.24. The zero-order chi connectivity index (χ0) is 19.4. The van der Waals surface area contributed by atoms with Gasteiger partial charge in [-0.3, -0.25) is 9.59 Å². The molecule has 0 saturated carbocycles. The first-order valence-corrected chi connectivity index (χ1v) is 8.92. The quantitative estimate of drug-likeness (QED) is 0.811. The highest BCUT2D eigenvalue weighted by atomic mass is 32.2. The van der Waals surface area contributed by atoms with Crippen molar-refractivity contribution in [3.8, 4) is 5.75 Å². The van der Waals surface area contributed by atoms with E-state index in [-0.39, 0.29) is 24.1 Å². The lowest BCUT2D eigenvalue weighted by atomic mass is 10.1. The monoisotopic (exact) mass is 396 g/mol. The van der Waals surface area contributed by atoms with Crippen LogP contribution in [-0.2, 0) is 11.3 Å². The topological polar surface area (TPSA) is 67.4 Å². The summed E-state index contributed by atoms with van der Waals surface area (Å²) in [5, 5.41) is 5.45. The summed E-state index contributed by atoms with van der Waals surface area (Å²) in [5.74, 6) is 0.0181. The Hall–Kier alpha value is -2.68. The third kappa shape index (κ3) is 5.40. The van der Waals surface area contributed by atoms with E-state index in [0.717, 1.165) is 4.90 Å². The smallest absolute Gasteiger partial charge is 0.422 e. The summed E-state index contributed by atoms with van der Waals surface area (Å²) in [6.07, 6.45) is -4.39. The van der Waals surface area contributed by atoms with Crippen molar-refractivity contribution in [2.24, 2.45) is 0 Å². The summed E-state index contributed by atoms with van der Waals surface area (Å²) < 4.78 is 41.0. The molecule has 0 fully saturated rings. The lowest BCUT2D eigenvalue weighted by molar-refractivity contribution is -0.153. The van der Waals surface area contributed by atoms with Crippen molar-refractivity contribution in [3.05, 3.63) is 53.6 Å². The fraction of sp³-hybridized carbons (Fsp3) is 0.222. The number of carbonyl (C=O) groups excluding carboxylic acids is 2. The summed E-state index contributed by atoms with van der Waals surface area (Å²) in [6.45, 7) is -1.15. The number of alkyl halides is 3. The molecule has 0 unspecified atom stereocenters. The van der Waals surface area contributed by atoms with Gasteiger partial charge in [-0.1, -0.05) is 12.1 Å². The fourth-order valence-corrected chi connectivity index (χ4v) is 3.17. The van der Waals surface area contributed by atoms with Gasteiger partial charge in [0.2, 0.25) is 5.91 Å². The van der Waals surface area contributed by atoms with E-state index in [1.54, 1.807) is 30.3 Å². The first-order chi connectivity index (χ1) is 12.8. The standard InChI is InChI=1S/C18H15F3N2O3S/c19-18(20,21)10-26-13-4-1-11(2-5-13)8-22-17(25)12-3-6-15-14(7-12)23-16(24)9-27-15/h1-7H,8-10H2,(H,22,25)(H,23,24). The number of thioether (sulfide) groups is 1. The summed E-state index contributed by atoms with van der Waals surface area (Å²) in [6, 6.07) is 11.1. The van der Waals surface area contributed by atoms with E-state index in [9.17, 15) is 22.8 Å². The molecule has 2 aromatic carbocycles. The third-order valence-corrected chi connectivity index (χ3v) is 4.73. The van der Waals surface area contributed by atoms with E-state index >= 15 is 0 Å². The molecule has 2 aromatic rings. The Labute approximate surface area is 157 Å². The van der Waals surface area contributed by atoms with Gasteiger partial charge in [0.15, 0.2) is 6.61 Å². The van der Waals surface area contributed by atoms with Crippen LogP contribution in [0.1, 0.15) is 15.9 Å². The number of hydrogen-bond donors (Lipinski definition) is 2. The van der Waals surface area contributed by atoms with E-state index in [2.05, 4.69) is 15.4 Å². The van der Waals surface area contributed by atoms with E-state index < -0.39 is 12.8 Å². The van der Waals surface area contributed by atoms with Gasteiger partial charge in [0.05, 0.1) is 11.4 Å². The van der Waals surface area contributed by atoms with Gasteiger partial charge in [-0.05, 0) is 35.9 Å². The number of carbonyl (C=O) groups is 2. The van der Waals surface area contributed by atoms with Crippen molar-refractivity contribution in [1.29, 1.82) is 0 Å². The molecule has 2 N–H and O–H groups in total. The second-order valence-electron chi connectivity index (χ2n) is 5.78. The van der Waals surface area contributed by atoms with Crippen LogP contribution < -0.4 is 15.4 Å². The maximum atomic E-state index is 12.3. The maximum Gasteiger partial charge on any atom is 0.422 e. The van der Waals surface area contributed by atoms with Crippen LogP contribution in [0.4, 0.5) is 18.9 Å². The zero-order valence-electron chi connectivity index (χ0n) is 13.9. The molecule has 0 bridgehead atoms. The Balaban J connectivity index is 1.56. The molecule has 0 spiro atoms. The number of fused-ring (bicyclic) bond motifs is 1. The normalized spacial score (nSPS) is 13.5. The van der Waals surface area contributed by atoms with Crippen LogP contribution in [0.5, 0.6) is 5.75 Å². The van der Waals surface area contributed by atoms with Gasteiger partial charge in [0.25, 0.3) is 5.91 Å². The number of rotatable bonds is 5. The van der Waals surface area contributed by atoms with Crippen molar-refractivity contribution in [2.75, 3.05) is 17.7 Å². The predicted molar refractivity (Wildman–Crippen MR) is 95.0 cm³/mol. The van der Waals surface area contributed by atoms with Crippen LogP contribution in [0, 0.1) is 0 Å². The molecule has 0 radical (unpaired) electrons. The van der Waals surface area contributed by atoms with Crippen molar-refractivity contribution in [3.63, 3.8) is 0 Å². The Kier molecular flexibility index (Phi) is 5.59. The summed E-state index contributed by atoms with van der Waals surface area (Å²) in [5.41, 5.74) is 1.72. The number of amides is 2. The van der Waals surface area contributed by atoms with Crippen LogP contribution in [0.25, 0.3) is 0 Å². The van der Waals surface area contributed by atoms with Crippen LogP contribution in [0.3, 0.4) is 0 Å². The number of anilines is 1. The number of benzene rings is 2. The van der Waals surface area contributed by atoms with Crippen LogP contribution in [-0.4, -0.2) is 30.4 Å². The highest BCUT2D eigenvalue weighted by Crippen LogP contribution is 2.31. The Bertz CT molecular complexity index is 854. The molecule has 1 aliphatic rings. The maximum absolute atomic E-state index is 12.3. The summed E-state index contributed by atoms with van der Waals surface area (Å²) in [7, 11) is 0. The van der Waals surface area contributed by atoms with E-state index in [0.29, 0.717) is 22.6 Å². The van der Waals surface area contributed by atoms with Gasteiger partial charge < -0.3 is 15.4 Å². The molecule has 2 amide bonds. The molecule has 27 heavy (non-hydrogen) atoms. The van der Waals surface area contributed by atoms with Crippen LogP contribution in [0.2, 0.25) is 0 Å². The summed E-state index contributed by atoms with van der Waals surface area (Å²) in [4.78, 5) is 24.6. The molecule has 0 aliphatic carbocycles. The first kappa shape index (κ1) is 19.1. The van der Waals surface area contributed by atoms with E-state index in [1.165, 1.54) is 23.9 Å². The number of halogens is 3. The van der Waals surface area contributed by atoms with Gasteiger partial charge in [-0.2, -0.15) is 13.2 Å². The van der Waals surface area contributed by atoms with Gasteiger partial charge in [0, 0.05) is 17.0 Å². The minimum atomic E-state index is -4.39. The Morgan fingerprint density at radius 1 is 1.19 bits per heavy atom. The highest BCUT2D eigenvalue weighted by Gasteiger charge is 2.28. The van der Waals surface area contributed by atoms with E-state index in [1.807, 2.05) is 0 Å². The zero-order valence-corrected chi connectivity index (χ0v) is 14.7. The van der Waals surface area contributed by atoms with E-state index in [4.69, 9.17) is 0 Å². The molecule has 0 aromatic heterocycles. The number of hydrogen-bond acceptors (Lipinski definition) is 4. The molecule has 5 nitrogen and oxygen atoms in total. The minimum absolute atomic E-state index is 0.102. The SMILES string of the molecule is O=C1CSc2ccc(C(=O)NCc3ccc(OCC(F)(F)F)cc3)cc2N1. The molecule has 3 rings (SSSR count). The average Bonchev–Trinajstić information content (AvgIpc) is 2.64. The number of nitrogens with one attached hydrogen (secondary N) is 2. The van der Waals surface area contributed by atoms with Crippen LogP contribution in [0.15, 0.2) is 47.4 Å². The molecule has 9 heteroatoms. The molecule has 0 atom stereocenters. The number of ether oxygens (including phenoxy) is 1. The van der Waals surface area contributed by atoms with Crippen molar-refractivity contribution in [1.82, 2.24) is 5.32 Å². The largest absolute Gasteiger partial charge is 0.484 e. The Morgan fingerprint density at radius 3 is 2.63 bits per heavy atom. The Morgan fingerprint density at radius 2 is 1.93 bits per heavy atom. The minimum Gasteiger partial charge on any atom is -0.484 e. The first-order valence-electron chi connectivity index (χ1n) is 7.93. The second-order valence-corrected chi connectivity index (χ2v) is 6.80. The lowest BCUT2D eigenvalue weighted by Gasteiger charge is -2.17. The molecule has 0 saturated heterocycles. The third-order valence-electron chi connectivity index (χ3n) is 3.65. The predicted octanol–water partition coefficient (Wildman–Crippen LogP) is 3.60. The fourth-order valence-electron chi connectivity index (χ4n) is 2.38.